The fourth-order valence-electron chi connectivity index (χ4n) is 5.47. The number of amides is 2. The minimum absolute atomic E-state index is 0.0315. The van der Waals surface area contributed by atoms with Crippen LogP contribution in [0.4, 0.5) is 4.79 Å². The molecule has 0 spiro atoms. The van der Waals surface area contributed by atoms with E-state index in [-0.39, 0.29) is 24.0 Å². The first-order valence-electron chi connectivity index (χ1n) is 15.0. The molecule has 1 aliphatic heterocycles. The molecular formula is C33H44N4O7. The van der Waals surface area contributed by atoms with Crippen LogP contribution in [0.5, 0.6) is 17.2 Å². The van der Waals surface area contributed by atoms with Gasteiger partial charge in [-0.05, 0) is 76.1 Å². The summed E-state index contributed by atoms with van der Waals surface area (Å²) in [5.74, 6) is 1.45. The average Bonchev–Trinajstić information content (AvgIpc) is 3.00. The summed E-state index contributed by atoms with van der Waals surface area (Å²) >= 11 is 0. The molecule has 1 aromatic carbocycles. The molecule has 2 amide bonds. The van der Waals surface area contributed by atoms with Gasteiger partial charge in [0.2, 0.25) is 0 Å². The lowest BCUT2D eigenvalue weighted by atomic mass is 9.92. The third kappa shape index (κ3) is 7.81. The second kappa shape index (κ2) is 14.0. The van der Waals surface area contributed by atoms with Gasteiger partial charge in [-0.25, -0.2) is 4.79 Å². The molecule has 0 atom stereocenters. The molecule has 238 valence electrons. The van der Waals surface area contributed by atoms with Crippen LogP contribution in [0.2, 0.25) is 0 Å². The van der Waals surface area contributed by atoms with Crippen LogP contribution < -0.4 is 19.8 Å². The van der Waals surface area contributed by atoms with Crippen molar-refractivity contribution in [3.63, 3.8) is 0 Å². The van der Waals surface area contributed by atoms with Gasteiger partial charge in [0, 0.05) is 52.2 Å². The first-order chi connectivity index (χ1) is 20.9. The Balaban J connectivity index is 1.47. The van der Waals surface area contributed by atoms with Crippen LogP contribution in [0.25, 0.3) is 10.9 Å². The van der Waals surface area contributed by atoms with Crippen LogP contribution in [-0.2, 0) is 18.3 Å². The highest BCUT2D eigenvalue weighted by atomic mass is 16.6. The predicted molar refractivity (Wildman–Crippen MR) is 168 cm³/mol. The molecule has 0 unspecified atom stereocenters. The van der Waals surface area contributed by atoms with E-state index in [4.69, 9.17) is 18.9 Å². The van der Waals surface area contributed by atoms with E-state index in [2.05, 4.69) is 4.98 Å². The number of nitrogens with zero attached hydrogens (tertiary/aromatic N) is 4. The van der Waals surface area contributed by atoms with Gasteiger partial charge in [-0.2, -0.15) is 0 Å². The molecule has 1 fully saturated rings. The molecule has 11 heteroatoms. The van der Waals surface area contributed by atoms with Crippen LogP contribution in [0.1, 0.15) is 62.4 Å². The Bertz CT molecular complexity index is 1520. The number of rotatable bonds is 10. The van der Waals surface area contributed by atoms with E-state index < -0.39 is 17.1 Å². The number of piperidine rings is 1. The van der Waals surface area contributed by atoms with Crippen molar-refractivity contribution in [1.29, 1.82) is 0 Å². The summed E-state index contributed by atoms with van der Waals surface area (Å²) in [7, 11) is 6.42. The van der Waals surface area contributed by atoms with E-state index in [1.807, 2.05) is 32.9 Å². The number of hydrogen-bond donors (Lipinski definition) is 0. The Kier molecular flexibility index (Phi) is 10.4. The standard InChI is InChI=1S/C33H44N4O7/c1-33(2,3)44-32(40)37-14-11-22(12-15-37)9-8-16-43-29-26-20-34-13-10-27(26)36(5)31(39)28(29)30(38)35(4)21-23-17-24(41-6)19-25(18-23)42-7/h10,13,17-20,22H,8-9,11-12,14-16,21H2,1-7H3. The molecule has 44 heavy (non-hydrogen) atoms. The smallest absolute Gasteiger partial charge is 0.410 e. The number of fused-ring (bicyclic) bond motifs is 1. The van der Waals surface area contributed by atoms with E-state index in [1.54, 1.807) is 57.7 Å². The van der Waals surface area contributed by atoms with Crippen LogP contribution in [0.3, 0.4) is 0 Å². The normalized spacial score (nSPS) is 13.9. The Morgan fingerprint density at radius 2 is 1.73 bits per heavy atom. The summed E-state index contributed by atoms with van der Waals surface area (Å²) in [6, 6.07) is 7.14. The molecule has 1 aliphatic rings. The van der Waals surface area contributed by atoms with Crippen molar-refractivity contribution in [3.05, 3.63) is 58.1 Å². The monoisotopic (exact) mass is 608 g/mol. The topological polar surface area (TPSA) is 112 Å². The number of methoxy groups -OCH3 is 2. The Labute approximate surface area is 258 Å². The van der Waals surface area contributed by atoms with Gasteiger partial charge in [0.15, 0.2) is 0 Å². The van der Waals surface area contributed by atoms with Gasteiger partial charge in [-0.15, -0.1) is 0 Å². The molecule has 0 bridgehead atoms. The molecule has 2 aromatic heterocycles. The van der Waals surface area contributed by atoms with Crippen molar-refractivity contribution in [3.8, 4) is 17.2 Å². The lowest BCUT2D eigenvalue weighted by molar-refractivity contribution is 0.0179. The summed E-state index contributed by atoms with van der Waals surface area (Å²) in [5.41, 5.74) is 0.438. The Morgan fingerprint density at radius 1 is 1.07 bits per heavy atom. The molecule has 11 nitrogen and oxygen atoms in total. The number of carbonyl (C=O) groups excluding carboxylic acids is 2. The number of carbonyl (C=O) groups is 2. The minimum atomic E-state index is -0.513. The molecule has 0 saturated carbocycles. The van der Waals surface area contributed by atoms with Crippen LogP contribution in [-0.4, -0.2) is 77.9 Å². The fraction of sp³-hybridized carbons (Fsp3) is 0.515. The van der Waals surface area contributed by atoms with Gasteiger partial charge in [-0.3, -0.25) is 14.6 Å². The molecular weight excluding hydrogens is 564 g/mol. The van der Waals surface area contributed by atoms with Crippen LogP contribution >= 0.6 is 0 Å². The summed E-state index contributed by atoms with van der Waals surface area (Å²) in [6.07, 6.45) is 6.39. The first kappa shape index (κ1) is 32.6. The van der Waals surface area contributed by atoms with E-state index in [0.29, 0.717) is 48.0 Å². The van der Waals surface area contributed by atoms with Crippen molar-refractivity contribution >= 4 is 22.9 Å². The molecule has 0 N–H and O–H groups in total. The van der Waals surface area contributed by atoms with Gasteiger partial charge in [0.05, 0.1) is 31.7 Å². The fourth-order valence-corrected chi connectivity index (χ4v) is 5.47. The van der Waals surface area contributed by atoms with Gasteiger partial charge in [-0.1, -0.05) is 0 Å². The maximum absolute atomic E-state index is 13.9. The third-order valence-corrected chi connectivity index (χ3v) is 7.81. The van der Waals surface area contributed by atoms with E-state index in [9.17, 15) is 14.4 Å². The molecule has 0 aliphatic carbocycles. The number of ether oxygens (including phenoxy) is 4. The quantitative estimate of drug-likeness (QED) is 0.295. The van der Waals surface area contributed by atoms with Crippen molar-refractivity contribution in [2.45, 2.75) is 58.6 Å². The molecule has 0 radical (unpaired) electrons. The Hall–Kier alpha value is -4.28. The van der Waals surface area contributed by atoms with E-state index >= 15 is 0 Å². The predicted octanol–water partition coefficient (Wildman–Crippen LogP) is 5.03. The van der Waals surface area contributed by atoms with Crippen molar-refractivity contribution in [1.82, 2.24) is 19.4 Å². The average molecular weight is 609 g/mol. The third-order valence-electron chi connectivity index (χ3n) is 7.81. The van der Waals surface area contributed by atoms with Gasteiger partial charge >= 0.3 is 6.09 Å². The van der Waals surface area contributed by atoms with Crippen molar-refractivity contribution in [2.75, 3.05) is 41.0 Å². The maximum atomic E-state index is 13.9. The largest absolute Gasteiger partial charge is 0.497 e. The molecule has 1 saturated heterocycles. The number of hydrogen-bond acceptors (Lipinski definition) is 8. The zero-order chi connectivity index (χ0) is 32.0. The lowest BCUT2D eigenvalue weighted by Gasteiger charge is -2.33. The SMILES string of the molecule is COc1cc(CN(C)C(=O)c2c(OCCCC3CCN(C(=O)OC(C)(C)C)CC3)c3cnccc3n(C)c2=O)cc(OC)c1. The van der Waals surface area contributed by atoms with Gasteiger partial charge < -0.3 is 33.3 Å². The minimum Gasteiger partial charge on any atom is -0.497 e. The highest BCUT2D eigenvalue weighted by molar-refractivity contribution is 6.02. The zero-order valence-electron chi connectivity index (χ0n) is 26.8. The molecule has 3 aromatic rings. The van der Waals surface area contributed by atoms with Crippen LogP contribution in [0, 0.1) is 5.92 Å². The van der Waals surface area contributed by atoms with Crippen molar-refractivity contribution in [2.24, 2.45) is 13.0 Å². The number of aryl methyl sites for hydroxylation is 1. The first-order valence-corrected chi connectivity index (χ1v) is 15.0. The lowest BCUT2D eigenvalue weighted by Crippen LogP contribution is -2.41. The van der Waals surface area contributed by atoms with Crippen LogP contribution in [0.15, 0.2) is 41.5 Å². The molecule has 3 heterocycles. The maximum Gasteiger partial charge on any atom is 0.410 e. The van der Waals surface area contributed by atoms with E-state index in [0.717, 1.165) is 31.2 Å². The van der Waals surface area contributed by atoms with Gasteiger partial charge in [0.1, 0.15) is 28.4 Å². The number of likely N-dealkylation sites (tertiary alicyclic amines) is 1. The zero-order valence-corrected chi connectivity index (χ0v) is 26.8. The van der Waals surface area contributed by atoms with Crippen molar-refractivity contribution < 1.29 is 28.5 Å². The highest BCUT2D eigenvalue weighted by Crippen LogP contribution is 2.30. The number of aromatic nitrogens is 2. The number of benzene rings is 1. The Morgan fingerprint density at radius 3 is 2.34 bits per heavy atom. The summed E-state index contributed by atoms with van der Waals surface area (Å²) in [5, 5.41) is 0.597. The summed E-state index contributed by atoms with van der Waals surface area (Å²) in [4.78, 5) is 47.3. The second-order valence-corrected chi connectivity index (χ2v) is 12.2. The summed E-state index contributed by atoms with van der Waals surface area (Å²) in [6.45, 7) is 7.49. The highest BCUT2D eigenvalue weighted by Gasteiger charge is 2.28. The number of pyridine rings is 2. The van der Waals surface area contributed by atoms with Gasteiger partial charge in [0.25, 0.3) is 11.5 Å². The molecule has 4 rings (SSSR count). The second-order valence-electron chi connectivity index (χ2n) is 12.2. The van der Waals surface area contributed by atoms with E-state index in [1.165, 1.54) is 9.47 Å². The summed E-state index contributed by atoms with van der Waals surface area (Å²) < 4.78 is 24.0.